The Labute approximate surface area is 171 Å². The first-order chi connectivity index (χ1) is 13.9. The van der Waals surface area contributed by atoms with Crippen molar-refractivity contribution in [3.8, 4) is 5.75 Å². The molecule has 0 atom stereocenters. The van der Waals surface area contributed by atoms with E-state index in [2.05, 4.69) is 5.32 Å². The first-order valence-corrected chi connectivity index (χ1v) is 11.0. The average Bonchev–Trinajstić information content (AvgIpc) is 2.73. The topological polar surface area (TPSA) is 84.9 Å². The van der Waals surface area contributed by atoms with Gasteiger partial charge < -0.3 is 14.8 Å². The summed E-state index contributed by atoms with van der Waals surface area (Å²) in [7, 11) is -3.76. The zero-order valence-electron chi connectivity index (χ0n) is 16.7. The summed E-state index contributed by atoms with van der Waals surface area (Å²) in [6.07, 6.45) is 0. The van der Waals surface area contributed by atoms with Gasteiger partial charge in [0.05, 0.1) is 30.2 Å². The lowest BCUT2D eigenvalue weighted by atomic mass is 10.1. The van der Waals surface area contributed by atoms with Gasteiger partial charge in [-0.25, -0.2) is 8.42 Å². The minimum Gasteiger partial charge on any atom is -0.491 e. The van der Waals surface area contributed by atoms with Crippen LogP contribution in [0.4, 0.5) is 0 Å². The van der Waals surface area contributed by atoms with E-state index in [9.17, 15) is 13.2 Å². The van der Waals surface area contributed by atoms with E-state index in [1.165, 1.54) is 16.4 Å². The van der Waals surface area contributed by atoms with Crippen LogP contribution in [0, 0.1) is 13.8 Å². The molecular weight excluding hydrogens is 392 g/mol. The first-order valence-electron chi connectivity index (χ1n) is 9.55. The molecule has 0 spiro atoms. The molecular formula is C21H26N2O5S. The van der Waals surface area contributed by atoms with Crippen LogP contribution in [0.5, 0.6) is 5.75 Å². The van der Waals surface area contributed by atoms with Crippen LogP contribution in [-0.4, -0.2) is 58.1 Å². The van der Waals surface area contributed by atoms with Crippen LogP contribution in [-0.2, 0) is 14.8 Å². The summed E-state index contributed by atoms with van der Waals surface area (Å²) in [6, 6.07) is 12.2. The summed E-state index contributed by atoms with van der Waals surface area (Å²) in [6.45, 7) is 5.79. The second-order valence-corrected chi connectivity index (χ2v) is 8.79. The zero-order chi connectivity index (χ0) is 20.9. The van der Waals surface area contributed by atoms with Gasteiger partial charge in [0.1, 0.15) is 12.4 Å². The minimum atomic E-state index is -3.76. The van der Waals surface area contributed by atoms with Crippen LogP contribution < -0.4 is 10.1 Å². The molecule has 1 N–H and O–H groups in total. The number of nitrogens with zero attached hydrogens (tertiary/aromatic N) is 1. The van der Waals surface area contributed by atoms with Crippen molar-refractivity contribution in [3.63, 3.8) is 0 Å². The van der Waals surface area contributed by atoms with Gasteiger partial charge in [0.2, 0.25) is 10.0 Å². The van der Waals surface area contributed by atoms with Crippen molar-refractivity contribution in [2.75, 3.05) is 39.5 Å². The van der Waals surface area contributed by atoms with Crippen LogP contribution in [0.15, 0.2) is 47.4 Å². The quantitative estimate of drug-likeness (QED) is 0.697. The van der Waals surface area contributed by atoms with Crippen molar-refractivity contribution < 1.29 is 22.7 Å². The normalized spacial score (nSPS) is 15.1. The van der Waals surface area contributed by atoms with E-state index in [1.807, 2.05) is 32.0 Å². The zero-order valence-corrected chi connectivity index (χ0v) is 17.5. The maximum Gasteiger partial charge on any atom is 0.252 e. The molecule has 8 heteroatoms. The van der Waals surface area contributed by atoms with Gasteiger partial charge in [-0.15, -0.1) is 0 Å². The van der Waals surface area contributed by atoms with E-state index in [0.717, 1.165) is 16.9 Å². The molecule has 3 rings (SSSR count). The number of nitrogens with one attached hydrogen (secondary N) is 1. The summed E-state index contributed by atoms with van der Waals surface area (Å²) < 4.78 is 38.2. The molecule has 1 fully saturated rings. The predicted octanol–water partition coefficient (Wildman–Crippen LogP) is 2.13. The monoisotopic (exact) mass is 418 g/mol. The highest BCUT2D eigenvalue weighted by Crippen LogP contribution is 2.21. The van der Waals surface area contributed by atoms with E-state index >= 15 is 0 Å². The van der Waals surface area contributed by atoms with Gasteiger partial charge in [0, 0.05) is 13.1 Å². The number of morpholine rings is 1. The van der Waals surface area contributed by atoms with Crippen molar-refractivity contribution in [3.05, 3.63) is 59.2 Å². The molecule has 156 valence electrons. The van der Waals surface area contributed by atoms with Crippen molar-refractivity contribution in [2.45, 2.75) is 18.7 Å². The van der Waals surface area contributed by atoms with Gasteiger partial charge in [-0.05, 0) is 37.6 Å². The molecule has 1 saturated heterocycles. The molecule has 7 nitrogen and oxygen atoms in total. The molecule has 0 unspecified atom stereocenters. The molecule has 0 bridgehead atoms. The van der Waals surface area contributed by atoms with Crippen LogP contribution in [0.1, 0.15) is 21.5 Å². The molecule has 0 aromatic heterocycles. The largest absolute Gasteiger partial charge is 0.491 e. The summed E-state index contributed by atoms with van der Waals surface area (Å²) in [5.41, 5.74) is 2.31. The Kier molecular flexibility index (Phi) is 6.89. The van der Waals surface area contributed by atoms with Crippen LogP contribution >= 0.6 is 0 Å². The third-order valence-corrected chi connectivity index (χ3v) is 6.65. The SMILES string of the molecule is Cc1ccc(OCCNC(=O)c2ccccc2S(=O)(=O)N2CCOCC2)c(C)c1. The number of carbonyl (C=O) groups excluding carboxylic acids is 1. The molecule has 0 aliphatic carbocycles. The van der Waals surface area contributed by atoms with Crippen molar-refractivity contribution in [2.24, 2.45) is 0 Å². The molecule has 29 heavy (non-hydrogen) atoms. The summed E-state index contributed by atoms with van der Waals surface area (Å²) in [5.74, 6) is 0.321. The fourth-order valence-corrected chi connectivity index (χ4v) is 4.78. The van der Waals surface area contributed by atoms with Gasteiger partial charge >= 0.3 is 0 Å². The Morgan fingerprint density at radius 3 is 2.59 bits per heavy atom. The molecule has 1 amide bonds. The maximum absolute atomic E-state index is 13.0. The second-order valence-electron chi connectivity index (χ2n) is 6.89. The molecule has 1 aliphatic rings. The van der Waals surface area contributed by atoms with Crippen LogP contribution in [0.25, 0.3) is 0 Å². The third kappa shape index (κ3) is 5.14. The molecule has 2 aromatic rings. The number of hydrogen-bond acceptors (Lipinski definition) is 5. The molecule has 1 aliphatic heterocycles. The number of benzene rings is 2. The number of amides is 1. The predicted molar refractivity (Wildman–Crippen MR) is 110 cm³/mol. The Morgan fingerprint density at radius 2 is 1.86 bits per heavy atom. The maximum atomic E-state index is 13.0. The van der Waals surface area contributed by atoms with Gasteiger partial charge in [-0.1, -0.05) is 29.8 Å². The lowest BCUT2D eigenvalue weighted by Crippen LogP contribution is -2.41. The highest BCUT2D eigenvalue weighted by atomic mass is 32.2. The molecule has 0 saturated carbocycles. The fraction of sp³-hybridized carbons (Fsp3) is 0.381. The van der Waals surface area contributed by atoms with Crippen LogP contribution in [0.3, 0.4) is 0 Å². The smallest absolute Gasteiger partial charge is 0.252 e. The Morgan fingerprint density at radius 1 is 1.14 bits per heavy atom. The van der Waals surface area contributed by atoms with E-state index in [1.54, 1.807) is 12.1 Å². The Bertz CT molecular complexity index is 969. The van der Waals surface area contributed by atoms with Gasteiger partial charge in [-0.3, -0.25) is 4.79 Å². The van der Waals surface area contributed by atoms with Crippen molar-refractivity contribution in [1.82, 2.24) is 9.62 Å². The van der Waals surface area contributed by atoms with E-state index in [0.29, 0.717) is 13.2 Å². The van der Waals surface area contributed by atoms with Gasteiger partial charge in [0.25, 0.3) is 5.91 Å². The standard InChI is InChI=1S/C21H26N2O5S/c1-16-7-8-19(17(2)15-16)28-12-9-22-21(24)18-5-3-4-6-20(18)29(25,26)23-10-13-27-14-11-23/h3-8,15H,9-14H2,1-2H3,(H,22,24). The summed E-state index contributed by atoms with van der Waals surface area (Å²) in [4.78, 5) is 12.7. The third-order valence-electron chi connectivity index (χ3n) is 4.70. The van der Waals surface area contributed by atoms with Crippen molar-refractivity contribution >= 4 is 15.9 Å². The lowest BCUT2D eigenvalue weighted by Gasteiger charge is -2.26. The number of aryl methyl sites for hydroxylation is 2. The second kappa shape index (κ2) is 9.39. The molecule has 0 radical (unpaired) electrons. The lowest BCUT2D eigenvalue weighted by molar-refractivity contribution is 0.0729. The van der Waals surface area contributed by atoms with E-state index < -0.39 is 15.9 Å². The first kappa shape index (κ1) is 21.3. The summed E-state index contributed by atoms with van der Waals surface area (Å²) in [5, 5.41) is 2.74. The summed E-state index contributed by atoms with van der Waals surface area (Å²) >= 11 is 0. The van der Waals surface area contributed by atoms with E-state index in [4.69, 9.17) is 9.47 Å². The minimum absolute atomic E-state index is 0.00898. The number of ether oxygens (including phenoxy) is 2. The molecule has 1 heterocycles. The highest BCUT2D eigenvalue weighted by molar-refractivity contribution is 7.89. The average molecular weight is 419 g/mol. The van der Waals surface area contributed by atoms with Gasteiger partial charge in [0.15, 0.2) is 0 Å². The Balaban J connectivity index is 1.64. The number of rotatable bonds is 7. The molecule has 2 aromatic carbocycles. The fourth-order valence-electron chi connectivity index (χ4n) is 3.19. The highest BCUT2D eigenvalue weighted by Gasteiger charge is 2.29. The van der Waals surface area contributed by atoms with Gasteiger partial charge in [-0.2, -0.15) is 4.31 Å². The van der Waals surface area contributed by atoms with Crippen molar-refractivity contribution in [1.29, 1.82) is 0 Å². The van der Waals surface area contributed by atoms with E-state index in [-0.39, 0.29) is 36.7 Å². The number of sulfonamides is 1. The van der Waals surface area contributed by atoms with Crippen LogP contribution in [0.2, 0.25) is 0 Å². The number of hydrogen-bond donors (Lipinski definition) is 1. The Hall–Kier alpha value is -2.42. The number of carbonyl (C=O) groups is 1.